The average Bonchev–Trinajstić information content (AvgIpc) is 2.51. The topological polar surface area (TPSA) is 17.8 Å². The highest BCUT2D eigenvalue weighted by Gasteiger charge is 2.16. The van der Waals surface area contributed by atoms with Crippen molar-refractivity contribution in [2.45, 2.75) is 47.1 Å². The maximum Gasteiger partial charge on any atom is 0.0521 e. The van der Waals surface area contributed by atoms with Gasteiger partial charge in [-0.15, -0.1) is 0 Å². The molecule has 0 aliphatic carbocycles. The second-order valence-electron chi connectivity index (χ2n) is 3.60. The fraction of sp³-hybridized carbons (Fsp3) is 0.727. The Kier molecular flexibility index (Phi) is 3.52. The van der Waals surface area contributed by atoms with Crippen LogP contribution < -0.4 is 0 Å². The Morgan fingerprint density at radius 1 is 1.46 bits per heavy atom. The quantitative estimate of drug-likeness (QED) is 0.600. The van der Waals surface area contributed by atoms with Gasteiger partial charge in [-0.1, -0.05) is 20.8 Å². The van der Waals surface area contributed by atoms with Crippen LogP contribution in [-0.4, -0.2) is 9.78 Å². The monoisotopic (exact) mass is 180 g/mol. The molecule has 74 valence electrons. The predicted molar refractivity (Wildman–Crippen MR) is 55.8 cm³/mol. The molecule has 1 aromatic rings. The largest absolute Gasteiger partial charge is 0.269 e. The molecule has 0 spiro atoms. The summed E-state index contributed by atoms with van der Waals surface area (Å²) in [6.45, 7) is 9.55. The molecule has 1 unspecified atom stereocenters. The third kappa shape index (κ3) is 2.11. The molecule has 1 atom stereocenters. The number of hydrogen-bond donors (Lipinski definition) is 0. The first kappa shape index (κ1) is 10.3. The lowest BCUT2D eigenvalue weighted by Gasteiger charge is -2.20. The van der Waals surface area contributed by atoms with Gasteiger partial charge in [0.2, 0.25) is 0 Å². The lowest BCUT2D eigenvalue weighted by molar-refractivity contribution is 0.371. The van der Waals surface area contributed by atoms with Crippen molar-refractivity contribution in [2.24, 2.45) is 5.92 Å². The molecule has 1 aromatic heterocycles. The zero-order chi connectivity index (χ0) is 9.84. The minimum Gasteiger partial charge on any atom is -0.269 e. The van der Waals surface area contributed by atoms with E-state index >= 15 is 0 Å². The van der Waals surface area contributed by atoms with Crippen molar-refractivity contribution in [3.05, 3.63) is 17.5 Å². The maximum absolute atomic E-state index is 4.32. The van der Waals surface area contributed by atoms with Crippen molar-refractivity contribution in [1.29, 1.82) is 0 Å². The van der Waals surface area contributed by atoms with Crippen molar-refractivity contribution in [1.82, 2.24) is 9.78 Å². The van der Waals surface area contributed by atoms with Crippen LogP contribution in [0, 0.1) is 12.8 Å². The van der Waals surface area contributed by atoms with Crippen molar-refractivity contribution >= 4 is 0 Å². The van der Waals surface area contributed by atoms with Crippen LogP contribution in [0.3, 0.4) is 0 Å². The summed E-state index contributed by atoms with van der Waals surface area (Å²) < 4.78 is 2.16. The van der Waals surface area contributed by atoms with E-state index in [-0.39, 0.29) is 0 Å². The van der Waals surface area contributed by atoms with Crippen molar-refractivity contribution in [2.75, 3.05) is 0 Å². The van der Waals surface area contributed by atoms with E-state index in [4.69, 9.17) is 0 Å². The van der Waals surface area contributed by atoms with Gasteiger partial charge in [0.25, 0.3) is 0 Å². The van der Waals surface area contributed by atoms with Crippen LogP contribution in [0.2, 0.25) is 0 Å². The highest BCUT2D eigenvalue weighted by atomic mass is 15.3. The lowest BCUT2D eigenvalue weighted by Crippen LogP contribution is -2.18. The van der Waals surface area contributed by atoms with Crippen LogP contribution >= 0.6 is 0 Å². The molecule has 13 heavy (non-hydrogen) atoms. The van der Waals surface area contributed by atoms with Crippen LogP contribution in [0.15, 0.2) is 6.20 Å². The van der Waals surface area contributed by atoms with E-state index in [0.29, 0.717) is 0 Å². The molecule has 2 nitrogen and oxygen atoms in total. The van der Waals surface area contributed by atoms with E-state index in [1.165, 1.54) is 24.1 Å². The molecule has 1 aliphatic rings. The number of aryl methyl sites for hydroxylation is 1. The second kappa shape index (κ2) is 4.45. The van der Waals surface area contributed by atoms with Crippen molar-refractivity contribution in [3.8, 4) is 0 Å². The maximum atomic E-state index is 4.32. The molecule has 0 saturated heterocycles. The normalized spacial score (nSPS) is 20.2. The molecular weight excluding hydrogens is 160 g/mol. The highest BCUT2D eigenvalue weighted by Crippen LogP contribution is 2.20. The molecule has 0 N–H and O–H groups in total. The van der Waals surface area contributed by atoms with E-state index in [2.05, 4.69) is 23.6 Å². The van der Waals surface area contributed by atoms with E-state index in [0.717, 1.165) is 12.5 Å². The van der Waals surface area contributed by atoms with Gasteiger partial charge in [0, 0.05) is 12.2 Å². The van der Waals surface area contributed by atoms with Gasteiger partial charge in [-0.2, -0.15) is 5.10 Å². The zero-order valence-corrected chi connectivity index (χ0v) is 9.17. The average molecular weight is 180 g/mol. The van der Waals surface area contributed by atoms with Crippen LogP contribution in [0.4, 0.5) is 0 Å². The fourth-order valence-electron chi connectivity index (χ4n) is 1.76. The number of hydrogen-bond acceptors (Lipinski definition) is 1. The van der Waals surface area contributed by atoms with Crippen molar-refractivity contribution in [3.63, 3.8) is 0 Å². The summed E-state index contributed by atoms with van der Waals surface area (Å²) in [7, 11) is 0. The third-order valence-electron chi connectivity index (χ3n) is 2.52. The Morgan fingerprint density at radius 2 is 2.15 bits per heavy atom. The molecule has 2 rings (SSSR count). The molecule has 2 heteroatoms. The van der Waals surface area contributed by atoms with Gasteiger partial charge in [0.05, 0.1) is 6.20 Å². The van der Waals surface area contributed by atoms with Gasteiger partial charge in [-0.25, -0.2) is 0 Å². The number of rotatable bonds is 0. The Labute approximate surface area is 81.0 Å². The lowest BCUT2D eigenvalue weighted by atomic mass is 9.99. The van der Waals surface area contributed by atoms with Gasteiger partial charge in [0.15, 0.2) is 0 Å². The summed E-state index contributed by atoms with van der Waals surface area (Å²) in [6, 6.07) is 0. The van der Waals surface area contributed by atoms with Crippen LogP contribution in [0.25, 0.3) is 0 Å². The summed E-state index contributed by atoms with van der Waals surface area (Å²) in [4.78, 5) is 0. The number of aromatic nitrogens is 2. The molecule has 0 bridgehead atoms. The molecule has 0 saturated carbocycles. The smallest absolute Gasteiger partial charge is 0.0521 e. The van der Waals surface area contributed by atoms with E-state index in [1.807, 2.05) is 20.0 Å². The van der Waals surface area contributed by atoms with E-state index in [9.17, 15) is 0 Å². The highest BCUT2D eigenvalue weighted by molar-refractivity contribution is 5.16. The van der Waals surface area contributed by atoms with Gasteiger partial charge in [0.1, 0.15) is 0 Å². The minimum atomic E-state index is 0.807. The van der Waals surface area contributed by atoms with Crippen molar-refractivity contribution < 1.29 is 0 Å². The molecule has 2 heterocycles. The minimum absolute atomic E-state index is 0.807. The Hall–Kier alpha value is -0.790. The summed E-state index contributed by atoms with van der Waals surface area (Å²) in [5.74, 6) is 0.807. The Morgan fingerprint density at radius 3 is 2.85 bits per heavy atom. The molecule has 0 fully saturated rings. The SMILES string of the molecule is CC.Cc1cnn2c1CCC(C)C2. The van der Waals surface area contributed by atoms with E-state index < -0.39 is 0 Å². The second-order valence-corrected chi connectivity index (χ2v) is 3.60. The van der Waals surface area contributed by atoms with Crippen LogP contribution in [0.5, 0.6) is 0 Å². The van der Waals surface area contributed by atoms with Gasteiger partial charge >= 0.3 is 0 Å². The molecule has 0 aromatic carbocycles. The fourth-order valence-corrected chi connectivity index (χ4v) is 1.76. The summed E-state index contributed by atoms with van der Waals surface area (Å²) in [6.07, 6.45) is 4.52. The Bertz CT molecular complexity index is 263. The third-order valence-corrected chi connectivity index (χ3v) is 2.52. The van der Waals surface area contributed by atoms with Gasteiger partial charge in [-0.05, 0) is 31.2 Å². The first-order chi connectivity index (χ1) is 6.27. The molecule has 0 radical (unpaired) electrons. The van der Waals surface area contributed by atoms with Crippen LogP contribution in [-0.2, 0) is 13.0 Å². The molecule has 1 aliphatic heterocycles. The zero-order valence-electron chi connectivity index (χ0n) is 9.17. The first-order valence-corrected chi connectivity index (χ1v) is 5.28. The van der Waals surface area contributed by atoms with Crippen LogP contribution in [0.1, 0.15) is 38.4 Å². The summed E-state index contributed by atoms with van der Waals surface area (Å²) in [5.41, 5.74) is 2.81. The number of fused-ring (bicyclic) bond motifs is 1. The molecule has 0 amide bonds. The summed E-state index contributed by atoms with van der Waals surface area (Å²) >= 11 is 0. The van der Waals surface area contributed by atoms with Gasteiger partial charge in [-0.3, -0.25) is 4.68 Å². The predicted octanol–water partition coefficient (Wildman–Crippen LogP) is 2.80. The van der Waals surface area contributed by atoms with E-state index in [1.54, 1.807) is 0 Å². The number of nitrogens with zero attached hydrogens (tertiary/aromatic N) is 2. The van der Waals surface area contributed by atoms with Gasteiger partial charge < -0.3 is 0 Å². The summed E-state index contributed by atoms with van der Waals surface area (Å²) in [5, 5.41) is 4.32. The standard InChI is InChI=1S/C9H14N2.C2H6/c1-7-3-4-9-8(2)5-10-11(9)6-7;1-2/h5,7H,3-4,6H2,1-2H3;1-2H3. The molecular formula is C11H20N2. The first-order valence-electron chi connectivity index (χ1n) is 5.28. The Balaban J connectivity index is 0.000000396.